The molecule has 0 spiro atoms. The van der Waals surface area contributed by atoms with E-state index in [1.165, 1.54) is 11.3 Å². The minimum Gasteiger partial charge on any atom is -0.312 e. The molecule has 5 heteroatoms. The third kappa shape index (κ3) is 2.69. The molecule has 0 fully saturated rings. The van der Waals surface area contributed by atoms with Gasteiger partial charge in [0, 0.05) is 4.88 Å². The summed E-state index contributed by atoms with van der Waals surface area (Å²) >= 11 is 7.42. The van der Waals surface area contributed by atoms with Gasteiger partial charge in [-0.1, -0.05) is 30.7 Å². The summed E-state index contributed by atoms with van der Waals surface area (Å²) in [6.07, 6.45) is 0.771. The monoisotopic (exact) mass is 304 g/mol. The number of hydrogen-bond donors (Lipinski definition) is 1. The summed E-state index contributed by atoms with van der Waals surface area (Å²) in [4.78, 5) is 13.3. The highest BCUT2D eigenvalue weighted by Gasteiger charge is 2.17. The Balaban J connectivity index is 2.34. The molecular formula is C15H13ClN2OS. The second-order valence-electron chi connectivity index (χ2n) is 4.24. The van der Waals surface area contributed by atoms with Gasteiger partial charge in [0.2, 0.25) is 0 Å². The van der Waals surface area contributed by atoms with Gasteiger partial charge in [-0.15, -0.1) is 11.3 Å². The van der Waals surface area contributed by atoms with Crippen molar-refractivity contribution in [1.29, 1.82) is 5.26 Å². The Morgan fingerprint density at radius 2 is 2.15 bits per heavy atom. The molecule has 1 heterocycles. The average Bonchev–Trinajstić information content (AvgIpc) is 2.73. The molecule has 0 bridgehead atoms. The van der Waals surface area contributed by atoms with Gasteiger partial charge < -0.3 is 5.32 Å². The first-order chi connectivity index (χ1) is 9.58. The number of carbonyl (C=O) groups is 1. The van der Waals surface area contributed by atoms with Crippen LogP contribution in [0.15, 0.2) is 24.3 Å². The predicted molar refractivity (Wildman–Crippen MR) is 82.6 cm³/mol. The zero-order chi connectivity index (χ0) is 14.7. The number of nitrogens with one attached hydrogen (secondary N) is 1. The lowest BCUT2D eigenvalue weighted by atomic mass is 10.1. The third-order valence-electron chi connectivity index (χ3n) is 3.02. The van der Waals surface area contributed by atoms with E-state index in [1.54, 1.807) is 24.3 Å². The Bertz CT molecular complexity index is 700. The molecule has 0 saturated heterocycles. The van der Waals surface area contributed by atoms with E-state index in [2.05, 4.69) is 11.4 Å². The van der Waals surface area contributed by atoms with E-state index in [0.29, 0.717) is 21.2 Å². The first-order valence-electron chi connectivity index (χ1n) is 6.16. The summed E-state index contributed by atoms with van der Waals surface area (Å²) in [7, 11) is 0. The quantitative estimate of drug-likeness (QED) is 0.914. The maximum absolute atomic E-state index is 12.2. The smallest absolute Gasteiger partial charge is 0.257 e. The van der Waals surface area contributed by atoms with Crippen molar-refractivity contribution < 1.29 is 4.79 Å². The number of halogens is 1. The normalized spacial score (nSPS) is 10.1. The number of nitrogens with zero attached hydrogens (tertiary/aromatic N) is 1. The predicted octanol–water partition coefficient (Wildman–Crippen LogP) is 4.40. The molecule has 0 atom stereocenters. The number of aryl methyl sites for hydroxylation is 1. The number of thiophene rings is 1. The zero-order valence-electron chi connectivity index (χ0n) is 11.2. The SMILES string of the molecule is CCc1c(C)sc(NC(=O)c2ccccc2Cl)c1C#N. The number of nitriles is 1. The molecule has 0 aliphatic heterocycles. The Kier molecular flexibility index (Phi) is 4.43. The molecule has 102 valence electrons. The zero-order valence-corrected chi connectivity index (χ0v) is 12.7. The van der Waals surface area contributed by atoms with Gasteiger partial charge in [-0.2, -0.15) is 5.26 Å². The van der Waals surface area contributed by atoms with Crippen molar-refractivity contribution in [2.45, 2.75) is 20.3 Å². The molecule has 20 heavy (non-hydrogen) atoms. The minimum atomic E-state index is -0.295. The molecule has 2 aromatic rings. The van der Waals surface area contributed by atoms with Crippen molar-refractivity contribution in [2.75, 3.05) is 5.32 Å². The molecule has 3 nitrogen and oxygen atoms in total. The molecule has 2 rings (SSSR count). The highest BCUT2D eigenvalue weighted by Crippen LogP contribution is 2.33. The van der Waals surface area contributed by atoms with Gasteiger partial charge in [-0.3, -0.25) is 4.79 Å². The lowest BCUT2D eigenvalue weighted by Gasteiger charge is -2.05. The van der Waals surface area contributed by atoms with E-state index in [4.69, 9.17) is 11.6 Å². The van der Waals surface area contributed by atoms with Crippen molar-refractivity contribution >= 4 is 33.8 Å². The lowest BCUT2D eigenvalue weighted by Crippen LogP contribution is -2.12. The summed E-state index contributed by atoms with van der Waals surface area (Å²) in [6.45, 7) is 3.95. The Hall–Kier alpha value is -1.83. The molecular weight excluding hydrogens is 292 g/mol. The minimum absolute atomic E-state index is 0.295. The van der Waals surface area contributed by atoms with Gasteiger partial charge in [-0.05, 0) is 31.0 Å². The van der Waals surface area contributed by atoms with Crippen LogP contribution in [0.4, 0.5) is 5.00 Å². The highest BCUT2D eigenvalue weighted by atomic mass is 35.5. The number of hydrogen-bond acceptors (Lipinski definition) is 3. The molecule has 1 N–H and O–H groups in total. The van der Waals surface area contributed by atoms with Crippen LogP contribution >= 0.6 is 22.9 Å². The molecule has 0 radical (unpaired) electrons. The molecule has 0 aliphatic rings. The molecule has 0 unspecified atom stereocenters. The number of amides is 1. The second kappa shape index (κ2) is 6.08. The summed E-state index contributed by atoms with van der Waals surface area (Å²) in [5.74, 6) is -0.295. The van der Waals surface area contributed by atoms with Crippen LogP contribution in [0.3, 0.4) is 0 Å². The Labute approximate surface area is 126 Å². The number of benzene rings is 1. The number of rotatable bonds is 3. The lowest BCUT2D eigenvalue weighted by molar-refractivity contribution is 0.102. The standard InChI is InChI=1S/C15H13ClN2OS/c1-3-10-9(2)20-15(12(10)8-17)18-14(19)11-6-4-5-7-13(11)16/h4-7H,3H2,1-2H3,(H,18,19). The van der Waals surface area contributed by atoms with Crippen LogP contribution in [0.1, 0.15) is 33.3 Å². The first kappa shape index (κ1) is 14.6. The summed E-state index contributed by atoms with van der Waals surface area (Å²) in [6, 6.07) is 9.01. The second-order valence-corrected chi connectivity index (χ2v) is 5.87. The van der Waals surface area contributed by atoms with E-state index in [-0.39, 0.29) is 5.91 Å². The van der Waals surface area contributed by atoms with Crippen LogP contribution in [0.2, 0.25) is 5.02 Å². The Morgan fingerprint density at radius 1 is 1.45 bits per heavy atom. The van der Waals surface area contributed by atoms with Crippen molar-refractivity contribution in [1.82, 2.24) is 0 Å². The van der Waals surface area contributed by atoms with Crippen molar-refractivity contribution in [3.63, 3.8) is 0 Å². The number of carbonyl (C=O) groups excluding carboxylic acids is 1. The van der Waals surface area contributed by atoms with Crippen LogP contribution < -0.4 is 5.32 Å². The van der Waals surface area contributed by atoms with Gasteiger partial charge in [-0.25, -0.2) is 0 Å². The summed E-state index contributed by atoms with van der Waals surface area (Å²) in [5.41, 5.74) is 1.95. The van der Waals surface area contributed by atoms with Crippen molar-refractivity contribution in [2.24, 2.45) is 0 Å². The van der Waals surface area contributed by atoms with Crippen LogP contribution in [-0.2, 0) is 6.42 Å². The van der Waals surface area contributed by atoms with Crippen molar-refractivity contribution in [3.8, 4) is 6.07 Å². The highest BCUT2D eigenvalue weighted by molar-refractivity contribution is 7.16. The van der Waals surface area contributed by atoms with E-state index in [9.17, 15) is 10.1 Å². The average molecular weight is 305 g/mol. The van der Waals surface area contributed by atoms with E-state index in [1.807, 2.05) is 13.8 Å². The topological polar surface area (TPSA) is 52.9 Å². The fourth-order valence-electron chi connectivity index (χ4n) is 2.03. The third-order valence-corrected chi connectivity index (χ3v) is 4.41. The Morgan fingerprint density at radius 3 is 2.75 bits per heavy atom. The van der Waals surface area contributed by atoms with Crippen LogP contribution in [0.5, 0.6) is 0 Å². The van der Waals surface area contributed by atoms with Gasteiger partial charge in [0.05, 0.1) is 16.1 Å². The van der Waals surface area contributed by atoms with Gasteiger partial charge in [0.1, 0.15) is 11.1 Å². The molecule has 0 aliphatic carbocycles. The fourth-order valence-corrected chi connectivity index (χ4v) is 3.34. The largest absolute Gasteiger partial charge is 0.312 e. The fraction of sp³-hybridized carbons (Fsp3) is 0.200. The van der Waals surface area contributed by atoms with Gasteiger partial charge in [0.15, 0.2) is 0 Å². The molecule has 0 saturated carbocycles. The van der Waals surface area contributed by atoms with Crippen LogP contribution in [0, 0.1) is 18.3 Å². The number of anilines is 1. The van der Waals surface area contributed by atoms with Gasteiger partial charge in [0.25, 0.3) is 5.91 Å². The first-order valence-corrected chi connectivity index (χ1v) is 7.36. The molecule has 1 aromatic carbocycles. The van der Waals surface area contributed by atoms with Crippen LogP contribution in [-0.4, -0.2) is 5.91 Å². The van der Waals surface area contributed by atoms with E-state index in [0.717, 1.165) is 16.9 Å². The maximum atomic E-state index is 12.2. The summed E-state index contributed by atoms with van der Waals surface area (Å²) in [5, 5.41) is 13.0. The van der Waals surface area contributed by atoms with Crippen LogP contribution in [0.25, 0.3) is 0 Å². The molecule has 1 aromatic heterocycles. The molecule has 1 amide bonds. The van der Waals surface area contributed by atoms with Crippen molar-refractivity contribution in [3.05, 3.63) is 50.9 Å². The van der Waals surface area contributed by atoms with E-state index < -0.39 is 0 Å². The van der Waals surface area contributed by atoms with E-state index >= 15 is 0 Å². The maximum Gasteiger partial charge on any atom is 0.257 e. The summed E-state index contributed by atoms with van der Waals surface area (Å²) < 4.78 is 0. The van der Waals surface area contributed by atoms with Gasteiger partial charge >= 0.3 is 0 Å².